The van der Waals surface area contributed by atoms with Crippen molar-refractivity contribution in [3.63, 3.8) is 0 Å². The first-order valence-corrected chi connectivity index (χ1v) is 16.3. The van der Waals surface area contributed by atoms with E-state index in [1.54, 1.807) is 0 Å². The Labute approximate surface area is 115 Å². The van der Waals surface area contributed by atoms with Crippen molar-refractivity contribution in [3.8, 4) is 0 Å². The molecular formula is C12H14Br2Zr. The van der Waals surface area contributed by atoms with Gasteiger partial charge in [0.1, 0.15) is 0 Å². The first-order valence-electron chi connectivity index (χ1n) is 5.06. The average molecular weight is 409 g/mol. The zero-order valence-electron chi connectivity index (χ0n) is 8.71. The molecule has 0 saturated carbocycles. The van der Waals surface area contributed by atoms with Gasteiger partial charge in [-0.15, -0.1) is 0 Å². The van der Waals surface area contributed by atoms with Crippen LogP contribution >= 0.6 is 24.4 Å². The molecule has 0 saturated heterocycles. The summed E-state index contributed by atoms with van der Waals surface area (Å²) in [5.41, 5.74) is 2.93. The molecule has 0 heterocycles. The van der Waals surface area contributed by atoms with Crippen LogP contribution in [0.1, 0.15) is 36.8 Å². The van der Waals surface area contributed by atoms with Gasteiger partial charge in [0.05, 0.1) is 0 Å². The monoisotopic (exact) mass is 406 g/mol. The number of fused-ring (bicyclic) bond motifs is 1. The van der Waals surface area contributed by atoms with E-state index in [-0.39, 0.29) is 18.5 Å². The Kier molecular flexibility index (Phi) is 7.37. The maximum absolute atomic E-state index is 3.23. The molecule has 0 bridgehead atoms. The Balaban J connectivity index is 0.000000337. The van der Waals surface area contributed by atoms with E-state index in [1.165, 1.54) is 24.0 Å². The molecule has 1 aromatic carbocycles. The van der Waals surface area contributed by atoms with Crippen molar-refractivity contribution in [1.82, 2.24) is 0 Å². The summed E-state index contributed by atoms with van der Waals surface area (Å²) in [6, 6.07) is 8.68. The minimum absolute atomic E-state index is 0.145. The van der Waals surface area contributed by atoms with Gasteiger partial charge < -0.3 is 0 Å². The molecule has 1 atom stereocenters. The Morgan fingerprint density at radius 1 is 1.27 bits per heavy atom. The van der Waals surface area contributed by atoms with Crippen LogP contribution in [-0.2, 0) is 18.5 Å². The van der Waals surface area contributed by atoms with E-state index in [1.807, 2.05) is 0 Å². The molecule has 1 aromatic rings. The van der Waals surface area contributed by atoms with Crippen molar-refractivity contribution in [2.45, 2.75) is 25.7 Å². The second-order valence-electron chi connectivity index (χ2n) is 3.45. The summed E-state index contributed by atoms with van der Waals surface area (Å²) in [5.74, 6) is 0.686. The van der Waals surface area contributed by atoms with E-state index in [2.05, 4.69) is 67.8 Å². The molecule has 0 nitrogen and oxygen atoms in total. The van der Waals surface area contributed by atoms with Crippen molar-refractivity contribution in [3.05, 3.63) is 41.5 Å². The Morgan fingerprint density at radius 2 is 1.93 bits per heavy atom. The van der Waals surface area contributed by atoms with Gasteiger partial charge in [0.15, 0.2) is 0 Å². The molecule has 80 valence electrons. The second kappa shape index (κ2) is 7.98. The van der Waals surface area contributed by atoms with E-state index in [9.17, 15) is 0 Å². The van der Waals surface area contributed by atoms with Gasteiger partial charge in [0.25, 0.3) is 0 Å². The van der Waals surface area contributed by atoms with Crippen LogP contribution in [0.4, 0.5) is 0 Å². The van der Waals surface area contributed by atoms with Gasteiger partial charge in [-0.25, -0.2) is 0 Å². The van der Waals surface area contributed by atoms with Gasteiger partial charge in [-0.1, -0.05) is 49.8 Å². The van der Waals surface area contributed by atoms with Gasteiger partial charge in [0.2, 0.25) is 0 Å². The van der Waals surface area contributed by atoms with Gasteiger partial charge in [-0.2, -0.15) is 0 Å². The molecule has 15 heavy (non-hydrogen) atoms. The molecule has 1 aliphatic rings. The third kappa shape index (κ3) is 4.28. The van der Waals surface area contributed by atoms with Crippen LogP contribution in [0.5, 0.6) is 0 Å². The van der Waals surface area contributed by atoms with Gasteiger partial charge >= 0.3 is 43.0 Å². The summed E-state index contributed by atoms with van der Waals surface area (Å²) in [4.78, 5) is 0. The molecule has 0 aromatic heterocycles. The van der Waals surface area contributed by atoms with Crippen LogP contribution in [-0.4, -0.2) is 0 Å². The van der Waals surface area contributed by atoms with Crippen molar-refractivity contribution in [2.24, 2.45) is 0 Å². The van der Waals surface area contributed by atoms with Gasteiger partial charge in [-0.05, 0) is 17.5 Å². The number of benzene rings is 1. The van der Waals surface area contributed by atoms with E-state index in [0.29, 0.717) is 5.92 Å². The third-order valence-corrected chi connectivity index (χ3v) is 2.50. The Morgan fingerprint density at radius 3 is 2.60 bits per heavy atom. The normalized spacial score (nSPS) is 16.6. The predicted molar refractivity (Wildman–Crippen MR) is 71.0 cm³/mol. The molecule has 3 heteroatoms. The first-order chi connectivity index (χ1) is 7.33. The van der Waals surface area contributed by atoms with E-state index in [4.69, 9.17) is 0 Å². The number of rotatable bonds is 2. The molecular weight excluding hydrogens is 395 g/mol. The zero-order valence-corrected chi connectivity index (χ0v) is 14.3. The molecule has 2 rings (SSSR count). The average Bonchev–Trinajstić information content (AvgIpc) is 2.64. The molecule has 0 spiro atoms. The third-order valence-electron chi connectivity index (χ3n) is 2.50. The SMILES string of the molecule is CCCC1C=Cc2ccccc21.[Br][Zr][Br]. The molecule has 0 fully saturated rings. The summed E-state index contributed by atoms with van der Waals surface area (Å²) in [5, 5.41) is 0. The van der Waals surface area contributed by atoms with Crippen LogP contribution in [0, 0.1) is 0 Å². The zero-order chi connectivity index (χ0) is 11.1. The standard InChI is InChI=1S/C12H14.2BrH.Zr/c1-2-5-10-8-9-11-6-3-4-7-12(10)11;;;/h3-4,6-10H,2,5H2,1H3;2*1H;/q;;;+2/p-2. The summed E-state index contributed by atoms with van der Waals surface area (Å²) in [7, 11) is 0. The van der Waals surface area contributed by atoms with Crippen LogP contribution in [0.15, 0.2) is 30.3 Å². The van der Waals surface area contributed by atoms with E-state index >= 15 is 0 Å². The fraction of sp³-hybridized carbons (Fsp3) is 0.333. The first kappa shape index (κ1) is 13.9. The topological polar surface area (TPSA) is 0 Å². The molecule has 0 radical (unpaired) electrons. The predicted octanol–water partition coefficient (Wildman–Crippen LogP) is 5.29. The summed E-state index contributed by atoms with van der Waals surface area (Å²) in [6.45, 7) is 2.24. The fourth-order valence-corrected chi connectivity index (χ4v) is 1.89. The number of hydrogen-bond donors (Lipinski definition) is 0. The number of hydrogen-bond acceptors (Lipinski definition) is 0. The number of allylic oxidation sites excluding steroid dienone is 1. The van der Waals surface area contributed by atoms with E-state index in [0.717, 1.165) is 0 Å². The van der Waals surface area contributed by atoms with Crippen molar-refractivity contribution in [2.75, 3.05) is 0 Å². The van der Waals surface area contributed by atoms with Gasteiger partial charge in [-0.3, -0.25) is 0 Å². The van der Waals surface area contributed by atoms with Gasteiger partial charge in [0, 0.05) is 5.92 Å². The van der Waals surface area contributed by atoms with Crippen LogP contribution in [0.25, 0.3) is 6.08 Å². The van der Waals surface area contributed by atoms with E-state index < -0.39 is 0 Å². The van der Waals surface area contributed by atoms with Crippen LogP contribution in [0.2, 0.25) is 0 Å². The second-order valence-corrected chi connectivity index (χ2v) is 14.8. The van der Waals surface area contributed by atoms with Crippen molar-refractivity contribution < 1.29 is 18.5 Å². The summed E-state index contributed by atoms with van der Waals surface area (Å²) >= 11 is 6.32. The summed E-state index contributed by atoms with van der Waals surface area (Å²) < 4.78 is 0. The quantitative estimate of drug-likeness (QED) is 0.623. The molecule has 0 N–H and O–H groups in total. The molecule has 1 aliphatic carbocycles. The Hall–Kier alpha value is 0.803. The summed E-state index contributed by atoms with van der Waals surface area (Å²) in [6.07, 6.45) is 7.13. The van der Waals surface area contributed by atoms with Crippen LogP contribution in [0.3, 0.4) is 0 Å². The Bertz CT molecular complexity index is 323. The number of halogens is 2. The molecule has 1 unspecified atom stereocenters. The maximum atomic E-state index is 3.23. The minimum atomic E-state index is -0.145. The van der Waals surface area contributed by atoms with Crippen LogP contribution < -0.4 is 0 Å². The van der Waals surface area contributed by atoms with Crippen molar-refractivity contribution >= 4 is 30.5 Å². The van der Waals surface area contributed by atoms with Crippen molar-refractivity contribution in [1.29, 1.82) is 0 Å². The molecule has 0 amide bonds. The fourth-order valence-electron chi connectivity index (χ4n) is 1.89. The molecule has 0 aliphatic heterocycles.